The van der Waals surface area contributed by atoms with E-state index < -0.39 is 9.84 Å². The van der Waals surface area contributed by atoms with Gasteiger partial charge in [0.05, 0.1) is 12.9 Å². The van der Waals surface area contributed by atoms with Crippen LogP contribution in [0, 0.1) is 0 Å². The fraction of sp³-hybridized carbons (Fsp3) is 0.462. The van der Waals surface area contributed by atoms with Crippen LogP contribution < -0.4 is 15.4 Å². The number of rotatable bonds is 6. The molecule has 21 heavy (non-hydrogen) atoms. The molecule has 1 aromatic rings. The van der Waals surface area contributed by atoms with E-state index >= 15 is 0 Å². The number of benzene rings is 1. The molecule has 0 fully saturated rings. The lowest BCUT2D eigenvalue weighted by molar-refractivity contribution is 0.415. The van der Waals surface area contributed by atoms with Gasteiger partial charge in [0.15, 0.2) is 5.11 Å². The average molecular weight is 351 g/mol. The third-order valence-corrected chi connectivity index (χ3v) is 3.84. The van der Waals surface area contributed by atoms with E-state index in [4.69, 9.17) is 17.0 Å². The highest BCUT2D eigenvalue weighted by molar-refractivity contribution is 7.90. The summed E-state index contributed by atoms with van der Waals surface area (Å²) in [4.78, 5) is 0. The topological polar surface area (TPSA) is 67.4 Å². The van der Waals surface area contributed by atoms with Gasteiger partial charge in [0.2, 0.25) is 0 Å². The predicted octanol–water partition coefficient (Wildman–Crippen LogP) is 1.92. The maximum Gasteiger partial charge on any atom is 0.170 e. The zero-order valence-electron chi connectivity index (χ0n) is 12.3. The van der Waals surface area contributed by atoms with Crippen molar-refractivity contribution in [1.29, 1.82) is 0 Å². The Morgan fingerprint density at radius 2 is 1.90 bits per heavy atom. The fourth-order valence-electron chi connectivity index (χ4n) is 1.53. The molecule has 0 aliphatic heterocycles. The molecular weight excluding hydrogens is 328 g/mol. The van der Waals surface area contributed by atoms with Crippen LogP contribution >= 0.6 is 25.7 Å². The Morgan fingerprint density at radius 1 is 1.33 bits per heavy atom. The monoisotopic (exact) mass is 350 g/mol. The van der Waals surface area contributed by atoms with E-state index in [2.05, 4.69) is 10.6 Å². The number of nitrogens with one attached hydrogen (secondary N) is 2. The van der Waals surface area contributed by atoms with Gasteiger partial charge in [0.1, 0.15) is 15.6 Å². The van der Waals surface area contributed by atoms with E-state index in [9.17, 15) is 8.42 Å². The molecule has 0 bridgehead atoms. The standard InChI is InChI=1S/C13H20N2O3S2.H2S/c1-10(8-9-20(3,16)17)14-13(19)15-11-4-6-12(18-2)7-5-11;/h4-7,10H,8-9H2,1-3H3,(H2,14,15,19);1H2/t10-;/m0./s1. The van der Waals surface area contributed by atoms with Gasteiger partial charge in [-0.2, -0.15) is 13.5 Å². The maximum absolute atomic E-state index is 11.1. The summed E-state index contributed by atoms with van der Waals surface area (Å²) in [6, 6.07) is 7.36. The lowest BCUT2D eigenvalue weighted by atomic mass is 10.2. The van der Waals surface area contributed by atoms with Crippen molar-refractivity contribution in [3.05, 3.63) is 24.3 Å². The Labute approximate surface area is 138 Å². The molecule has 0 radical (unpaired) electrons. The quantitative estimate of drug-likeness (QED) is 0.764. The highest BCUT2D eigenvalue weighted by atomic mass is 32.2. The zero-order valence-corrected chi connectivity index (χ0v) is 15.0. The van der Waals surface area contributed by atoms with E-state index in [0.717, 1.165) is 11.4 Å². The Balaban J connectivity index is 0.00000400. The molecule has 2 N–H and O–H groups in total. The zero-order chi connectivity index (χ0) is 15.2. The van der Waals surface area contributed by atoms with Crippen LogP contribution in [-0.2, 0) is 9.84 Å². The maximum atomic E-state index is 11.1. The predicted molar refractivity (Wildman–Crippen MR) is 96.5 cm³/mol. The van der Waals surface area contributed by atoms with Crippen LogP contribution in [0.4, 0.5) is 5.69 Å². The molecule has 0 unspecified atom stereocenters. The second-order valence-corrected chi connectivity index (χ2v) is 7.31. The molecule has 0 aliphatic carbocycles. The minimum atomic E-state index is -2.94. The lowest BCUT2D eigenvalue weighted by Gasteiger charge is -2.16. The molecule has 5 nitrogen and oxygen atoms in total. The highest BCUT2D eigenvalue weighted by Crippen LogP contribution is 2.14. The minimum Gasteiger partial charge on any atom is -0.497 e. The van der Waals surface area contributed by atoms with Crippen molar-refractivity contribution in [3.8, 4) is 5.75 Å². The number of hydrogen-bond donors (Lipinski definition) is 2. The largest absolute Gasteiger partial charge is 0.497 e. The van der Waals surface area contributed by atoms with Crippen molar-refractivity contribution in [1.82, 2.24) is 5.32 Å². The molecule has 0 heterocycles. The Kier molecular flexibility index (Phi) is 8.68. The first-order chi connectivity index (χ1) is 9.30. The lowest BCUT2D eigenvalue weighted by Crippen LogP contribution is -2.36. The summed E-state index contributed by atoms with van der Waals surface area (Å²) in [5.41, 5.74) is 0.846. The van der Waals surface area contributed by atoms with E-state index in [0.29, 0.717) is 11.5 Å². The molecule has 0 spiro atoms. The van der Waals surface area contributed by atoms with E-state index in [1.807, 2.05) is 31.2 Å². The minimum absolute atomic E-state index is 0. The molecule has 1 rings (SSSR count). The summed E-state index contributed by atoms with van der Waals surface area (Å²) in [7, 11) is -1.33. The van der Waals surface area contributed by atoms with Gasteiger partial charge in [-0.1, -0.05) is 0 Å². The molecule has 0 amide bonds. The van der Waals surface area contributed by atoms with Gasteiger partial charge in [-0.25, -0.2) is 8.42 Å². The molecular formula is C13H22N2O3S3. The first-order valence-corrected chi connectivity index (χ1v) is 8.66. The number of thiocarbonyl (C=S) groups is 1. The SMILES string of the molecule is COc1ccc(NC(=S)N[C@@H](C)CCS(C)(=O)=O)cc1.S. The molecule has 0 saturated carbocycles. The van der Waals surface area contributed by atoms with Gasteiger partial charge in [0.25, 0.3) is 0 Å². The summed E-state index contributed by atoms with van der Waals surface area (Å²) in [6.45, 7) is 1.90. The van der Waals surface area contributed by atoms with E-state index in [1.165, 1.54) is 6.26 Å². The Morgan fingerprint density at radius 3 is 2.38 bits per heavy atom. The number of anilines is 1. The number of ether oxygens (including phenoxy) is 1. The summed E-state index contributed by atoms with van der Waals surface area (Å²) in [5.74, 6) is 0.919. The van der Waals surface area contributed by atoms with Gasteiger partial charge < -0.3 is 15.4 Å². The van der Waals surface area contributed by atoms with Gasteiger partial charge >= 0.3 is 0 Å². The van der Waals surface area contributed by atoms with Crippen molar-refractivity contribution in [3.63, 3.8) is 0 Å². The van der Waals surface area contributed by atoms with Crippen molar-refractivity contribution >= 4 is 46.4 Å². The van der Waals surface area contributed by atoms with Crippen molar-refractivity contribution < 1.29 is 13.2 Å². The van der Waals surface area contributed by atoms with Crippen LogP contribution in [0.1, 0.15) is 13.3 Å². The second-order valence-electron chi connectivity index (χ2n) is 4.65. The van der Waals surface area contributed by atoms with Crippen LogP contribution in [0.3, 0.4) is 0 Å². The Hall–Kier alpha value is -0.990. The second kappa shape index (κ2) is 9.11. The fourth-order valence-corrected chi connectivity index (χ4v) is 2.63. The number of hydrogen-bond acceptors (Lipinski definition) is 4. The number of methoxy groups -OCH3 is 1. The van der Waals surface area contributed by atoms with Gasteiger partial charge in [-0.3, -0.25) is 0 Å². The van der Waals surface area contributed by atoms with Crippen LogP contribution in [0.2, 0.25) is 0 Å². The molecule has 0 aromatic heterocycles. The third kappa shape index (κ3) is 8.79. The highest BCUT2D eigenvalue weighted by Gasteiger charge is 2.09. The summed E-state index contributed by atoms with van der Waals surface area (Å²) >= 11 is 5.18. The van der Waals surface area contributed by atoms with E-state index in [-0.39, 0.29) is 25.3 Å². The smallest absolute Gasteiger partial charge is 0.170 e. The first kappa shape index (κ1) is 20.0. The summed E-state index contributed by atoms with van der Waals surface area (Å²) in [6.07, 6.45) is 1.75. The van der Waals surface area contributed by atoms with Gasteiger partial charge in [-0.15, -0.1) is 0 Å². The molecule has 120 valence electrons. The molecule has 0 saturated heterocycles. The molecule has 0 aliphatic rings. The number of sulfone groups is 1. The molecule has 1 atom stereocenters. The van der Waals surface area contributed by atoms with Crippen molar-refractivity contribution in [2.45, 2.75) is 19.4 Å². The molecule has 8 heteroatoms. The Bertz CT molecular complexity index is 544. The summed E-state index contributed by atoms with van der Waals surface area (Å²) < 4.78 is 27.2. The van der Waals surface area contributed by atoms with Crippen LogP contribution in [0.5, 0.6) is 5.75 Å². The third-order valence-electron chi connectivity index (χ3n) is 2.65. The van der Waals surface area contributed by atoms with Gasteiger partial charge in [-0.05, 0) is 49.8 Å². The van der Waals surface area contributed by atoms with Crippen LogP contribution in [-0.4, -0.2) is 38.7 Å². The van der Waals surface area contributed by atoms with Crippen LogP contribution in [0.15, 0.2) is 24.3 Å². The average Bonchev–Trinajstić information content (AvgIpc) is 2.36. The summed E-state index contributed by atoms with van der Waals surface area (Å²) in [5, 5.41) is 6.56. The van der Waals surface area contributed by atoms with Crippen molar-refractivity contribution in [2.24, 2.45) is 0 Å². The normalized spacial score (nSPS) is 12.0. The van der Waals surface area contributed by atoms with Crippen LogP contribution in [0.25, 0.3) is 0 Å². The van der Waals surface area contributed by atoms with E-state index in [1.54, 1.807) is 7.11 Å². The van der Waals surface area contributed by atoms with Gasteiger partial charge in [0, 0.05) is 18.0 Å². The van der Waals surface area contributed by atoms with Crippen molar-refractivity contribution in [2.75, 3.05) is 24.4 Å². The first-order valence-electron chi connectivity index (χ1n) is 6.19. The molecule has 1 aromatic carbocycles.